The summed E-state index contributed by atoms with van der Waals surface area (Å²) in [5.41, 5.74) is 4.58. The van der Waals surface area contributed by atoms with E-state index >= 15 is 0 Å². The van der Waals surface area contributed by atoms with Crippen molar-refractivity contribution in [2.75, 3.05) is 0 Å². The topological polar surface area (TPSA) is 20.2 Å². The van der Waals surface area contributed by atoms with Crippen LogP contribution in [0.25, 0.3) is 0 Å². The van der Waals surface area contributed by atoms with Crippen molar-refractivity contribution in [3.05, 3.63) is 34.9 Å². The smallest absolute Gasteiger partial charge is 0.0818 e. The molecule has 1 atom stereocenters. The normalized spacial score (nSPS) is 25.7. The van der Waals surface area contributed by atoms with Gasteiger partial charge in [-0.25, -0.2) is 0 Å². The fourth-order valence-corrected chi connectivity index (χ4v) is 3.47. The molecule has 0 heterocycles. The molecule has 0 amide bonds. The first kappa shape index (κ1) is 13.2. The average molecular weight is 258 g/mol. The highest BCUT2D eigenvalue weighted by atomic mass is 16.3. The third kappa shape index (κ3) is 2.23. The van der Waals surface area contributed by atoms with Gasteiger partial charge in [0.05, 0.1) is 6.10 Å². The van der Waals surface area contributed by atoms with E-state index in [9.17, 15) is 5.11 Å². The first-order valence-electron chi connectivity index (χ1n) is 7.64. The van der Waals surface area contributed by atoms with Gasteiger partial charge in [0.2, 0.25) is 0 Å². The molecule has 0 saturated heterocycles. The van der Waals surface area contributed by atoms with E-state index < -0.39 is 0 Å². The molecule has 1 saturated carbocycles. The molecule has 2 aliphatic rings. The minimum absolute atomic E-state index is 0.240. The van der Waals surface area contributed by atoms with Gasteiger partial charge in [-0.2, -0.15) is 0 Å². The van der Waals surface area contributed by atoms with Crippen LogP contribution in [0.3, 0.4) is 0 Å². The van der Waals surface area contributed by atoms with Crippen LogP contribution in [-0.2, 0) is 10.8 Å². The zero-order valence-corrected chi connectivity index (χ0v) is 12.7. The van der Waals surface area contributed by atoms with Crippen LogP contribution in [0.4, 0.5) is 0 Å². The van der Waals surface area contributed by atoms with Gasteiger partial charge in [0.15, 0.2) is 0 Å². The number of hydrogen-bond donors (Lipinski definition) is 1. The molecule has 1 N–H and O–H groups in total. The van der Waals surface area contributed by atoms with Crippen LogP contribution >= 0.6 is 0 Å². The lowest BCUT2D eigenvalue weighted by Crippen LogP contribution is -2.34. The Kier molecular flexibility index (Phi) is 2.83. The SMILES string of the molecule is CC1(C)CCC(C)(C)c2cc(C(O)C3CC3)ccc21. The number of aliphatic hydroxyl groups is 1. The summed E-state index contributed by atoms with van der Waals surface area (Å²) < 4.78 is 0. The van der Waals surface area contributed by atoms with Crippen LogP contribution in [-0.4, -0.2) is 5.11 Å². The molecule has 2 aliphatic carbocycles. The molecule has 104 valence electrons. The quantitative estimate of drug-likeness (QED) is 0.829. The molecule has 0 bridgehead atoms. The molecule has 1 nitrogen and oxygen atoms in total. The molecule has 1 unspecified atom stereocenters. The molecule has 0 aliphatic heterocycles. The first-order chi connectivity index (χ1) is 8.81. The van der Waals surface area contributed by atoms with Crippen LogP contribution in [0, 0.1) is 5.92 Å². The van der Waals surface area contributed by atoms with E-state index in [0.29, 0.717) is 5.92 Å². The number of fused-ring (bicyclic) bond motifs is 1. The monoisotopic (exact) mass is 258 g/mol. The van der Waals surface area contributed by atoms with Crippen LogP contribution in [0.5, 0.6) is 0 Å². The Balaban J connectivity index is 2.06. The van der Waals surface area contributed by atoms with Crippen molar-refractivity contribution < 1.29 is 5.11 Å². The first-order valence-corrected chi connectivity index (χ1v) is 7.64. The van der Waals surface area contributed by atoms with E-state index in [2.05, 4.69) is 45.9 Å². The summed E-state index contributed by atoms with van der Waals surface area (Å²) in [4.78, 5) is 0. The fourth-order valence-electron chi connectivity index (χ4n) is 3.47. The predicted molar refractivity (Wildman–Crippen MR) is 79.4 cm³/mol. The van der Waals surface area contributed by atoms with Crippen LogP contribution in [0.1, 0.15) is 76.2 Å². The Bertz CT molecular complexity index is 494. The van der Waals surface area contributed by atoms with Crippen LogP contribution in [0.15, 0.2) is 18.2 Å². The van der Waals surface area contributed by atoms with Gasteiger partial charge in [-0.05, 0) is 59.1 Å². The second-order valence-electron chi connectivity index (χ2n) is 7.86. The molecule has 0 spiro atoms. The van der Waals surface area contributed by atoms with Crippen molar-refractivity contribution in [1.29, 1.82) is 0 Å². The molecular weight excluding hydrogens is 232 g/mol. The molecule has 19 heavy (non-hydrogen) atoms. The summed E-state index contributed by atoms with van der Waals surface area (Å²) in [7, 11) is 0. The van der Waals surface area contributed by atoms with E-state index in [4.69, 9.17) is 0 Å². The van der Waals surface area contributed by atoms with Gasteiger partial charge < -0.3 is 5.11 Å². The lowest BCUT2D eigenvalue weighted by atomic mass is 9.63. The summed E-state index contributed by atoms with van der Waals surface area (Å²) in [5, 5.41) is 10.4. The summed E-state index contributed by atoms with van der Waals surface area (Å²) in [5.74, 6) is 0.512. The van der Waals surface area contributed by atoms with Gasteiger partial charge in [0.25, 0.3) is 0 Å². The summed E-state index contributed by atoms with van der Waals surface area (Å²) in [6.45, 7) is 9.37. The number of benzene rings is 1. The largest absolute Gasteiger partial charge is 0.388 e. The van der Waals surface area contributed by atoms with Crippen molar-refractivity contribution in [3.63, 3.8) is 0 Å². The van der Waals surface area contributed by atoms with Gasteiger partial charge >= 0.3 is 0 Å². The summed E-state index contributed by atoms with van der Waals surface area (Å²) in [6, 6.07) is 6.72. The Morgan fingerprint density at radius 3 is 2.16 bits per heavy atom. The van der Waals surface area contributed by atoms with Crippen LogP contribution in [0.2, 0.25) is 0 Å². The Morgan fingerprint density at radius 1 is 1.00 bits per heavy atom. The van der Waals surface area contributed by atoms with Crippen molar-refractivity contribution in [1.82, 2.24) is 0 Å². The maximum absolute atomic E-state index is 10.4. The minimum atomic E-state index is -0.244. The number of hydrogen-bond acceptors (Lipinski definition) is 1. The third-order valence-corrected chi connectivity index (χ3v) is 5.29. The van der Waals surface area contributed by atoms with E-state index in [-0.39, 0.29) is 16.9 Å². The second kappa shape index (κ2) is 4.09. The Labute approximate surface area is 117 Å². The molecule has 0 aromatic heterocycles. The number of aliphatic hydroxyl groups excluding tert-OH is 1. The van der Waals surface area contributed by atoms with Crippen molar-refractivity contribution in [2.24, 2.45) is 5.92 Å². The standard InChI is InChI=1S/C18H26O/c1-17(2)9-10-18(3,4)15-11-13(7-8-14(15)17)16(19)12-5-6-12/h7-8,11-12,16,19H,5-6,9-10H2,1-4H3. The summed E-state index contributed by atoms with van der Waals surface area (Å²) in [6.07, 6.45) is 4.61. The second-order valence-corrected chi connectivity index (χ2v) is 7.86. The van der Waals surface area contributed by atoms with Gasteiger partial charge in [-0.1, -0.05) is 45.9 Å². The van der Waals surface area contributed by atoms with E-state index in [0.717, 1.165) is 5.56 Å². The lowest BCUT2D eigenvalue weighted by Gasteiger charge is -2.42. The highest BCUT2D eigenvalue weighted by molar-refractivity contribution is 5.44. The van der Waals surface area contributed by atoms with Crippen molar-refractivity contribution >= 4 is 0 Å². The molecule has 1 aromatic rings. The maximum atomic E-state index is 10.4. The van der Waals surface area contributed by atoms with E-state index in [1.54, 1.807) is 0 Å². The molecule has 1 heteroatoms. The lowest BCUT2D eigenvalue weighted by molar-refractivity contribution is 0.153. The molecule has 1 aromatic carbocycles. The van der Waals surface area contributed by atoms with Gasteiger partial charge in [0, 0.05) is 0 Å². The maximum Gasteiger partial charge on any atom is 0.0818 e. The zero-order valence-electron chi connectivity index (χ0n) is 12.7. The Hall–Kier alpha value is -0.820. The average Bonchev–Trinajstić information content (AvgIpc) is 3.18. The highest BCUT2D eigenvalue weighted by Crippen LogP contribution is 2.48. The van der Waals surface area contributed by atoms with Gasteiger partial charge in [-0.3, -0.25) is 0 Å². The zero-order chi connectivity index (χ0) is 13.8. The summed E-state index contributed by atoms with van der Waals surface area (Å²) >= 11 is 0. The molecule has 0 radical (unpaired) electrons. The van der Waals surface area contributed by atoms with Crippen LogP contribution < -0.4 is 0 Å². The Morgan fingerprint density at radius 2 is 1.58 bits per heavy atom. The number of rotatable bonds is 2. The predicted octanol–water partition coefficient (Wildman–Crippen LogP) is 4.48. The third-order valence-electron chi connectivity index (χ3n) is 5.29. The van der Waals surface area contributed by atoms with Crippen molar-refractivity contribution in [2.45, 2.75) is 70.3 Å². The van der Waals surface area contributed by atoms with Gasteiger partial charge in [0.1, 0.15) is 0 Å². The minimum Gasteiger partial charge on any atom is -0.388 e. The van der Waals surface area contributed by atoms with E-state index in [1.165, 1.54) is 36.8 Å². The highest BCUT2D eigenvalue weighted by Gasteiger charge is 2.38. The van der Waals surface area contributed by atoms with E-state index in [1.807, 2.05) is 0 Å². The van der Waals surface area contributed by atoms with Crippen molar-refractivity contribution in [3.8, 4) is 0 Å². The molecule has 3 rings (SSSR count). The molecular formula is C18H26O. The molecule has 1 fully saturated rings. The fraction of sp³-hybridized carbons (Fsp3) is 0.667. The van der Waals surface area contributed by atoms with Gasteiger partial charge in [-0.15, -0.1) is 0 Å².